The minimum Gasteiger partial charge on any atom is -0.392 e. The van der Waals surface area contributed by atoms with Crippen LogP contribution in [0.2, 0.25) is 5.02 Å². The molecule has 8 nitrogen and oxygen atoms in total. The average molecular weight is 422 g/mol. The zero-order valence-electron chi connectivity index (χ0n) is 14.9. The summed E-state index contributed by atoms with van der Waals surface area (Å²) in [5, 5.41) is 16.3. The monoisotopic (exact) mass is 421 g/mol. The number of benzene rings is 1. The second-order valence-corrected chi connectivity index (χ2v) is 9.24. The lowest BCUT2D eigenvalue weighted by molar-refractivity contribution is 0.133. The fourth-order valence-electron chi connectivity index (χ4n) is 3.53. The Morgan fingerprint density at radius 2 is 2.00 bits per heavy atom. The Kier molecular flexibility index (Phi) is 4.90. The Morgan fingerprint density at radius 3 is 2.75 bits per heavy atom. The molecule has 0 aliphatic heterocycles. The molecule has 0 radical (unpaired) electrons. The van der Waals surface area contributed by atoms with Gasteiger partial charge in [-0.1, -0.05) is 24.4 Å². The van der Waals surface area contributed by atoms with Gasteiger partial charge in [0, 0.05) is 5.56 Å². The van der Waals surface area contributed by atoms with Gasteiger partial charge in [0.15, 0.2) is 5.82 Å². The molecule has 2 atom stereocenters. The number of sulfonamides is 1. The number of pyridine rings is 1. The highest BCUT2D eigenvalue weighted by Crippen LogP contribution is 2.32. The summed E-state index contributed by atoms with van der Waals surface area (Å²) in [7, 11) is -3.71. The van der Waals surface area contributed by atoms with E-state index in [0.717, 1.165) is 12.8 Å². The van der Waals surface area contributed by atoms with Crippen LogP contribution in [0.15, 0.2) is 30.3 Å². The number of hydrogen-bond donors (Lipinski definition) is 4. The Morgan fingerprint density at radius 1 is 1.21 bits per heavy atom. The van der Waals surface area contributed by atoms with E-state index >= 15 is 0 Å². The van der Waals surface area contributed by atoms with Gasteiger partial charge in [0.25, 0.3) is 0 Å². The van der Waals surface area contributed by atoms with Gasteiger partial charge in [-0.15, -0.1) is 0 Å². The maximum absolute atomic E-state index is 12.6. The number of nitrogens with zero attached hydrogens (tertiary/aromatic N) is 2. The quantitative estimate of drug-likeness (QED) is 0.511. The fraction of sp³-hybridized carbons (Fsp3) is 0.333. The Labute approximate surface area is 167 Å². The molecule has 4 rings (SSSR count). The second kappa shape index (κ2) is 7.23. The first-order valence-corrected chi connectivity index (χ1v) is 10.9. The number of anilines is 2. The fourth-order valence-corrected chi connectivity index (χ4v) is 5.44. The third-order valence-corrected chi connectivity index (χ3v) is 7.19. The van der Waals surface area contributed by atoms with Crippen molar-refractivity contribution in [3.8, 4) is 11.3 Å². The maximum atomic E-state index is 12.6. The lowest BCUT2D eigenvalue weighted by Gasteiger charge is -2.27. The highest BCUT2D eigenvalue weighted by molar-refractivity contribution is 7.93. The normalized spacial score (nSPS) is 20.4. The number of aromatic amines is 1. The summed E-state index contributed by atoms with van der Waals surface area (Å²) in [6, 6.07) is 8.44. The van der Waals surface area contributed by atoms with E-state index in [1.165, 1.54) is 6.07 Å². The molecule has 1 aromatic carbocycles. The topological polar surface area (TPSA) is 134 Å². The number of aromatic nitrogens is 3. The second-order valence-electron chi connectivity index (χ2n) is 6.93. The minimum atomic E-state index is -3.71. The van der Waals surface area contributed by atoms with Crippen molar-refractivity contribution in [3.05, 3.63) is 35.4 Å². The van der Waals surface area contributed by atoms with Crippen molar-refractivity contribution in [2.24, 2.45) is 0 Å². The summed E-state index contributed by atoms with van der Waals surface area (Å²) in [5.74, 6) is 0.295. The molecule has 1 saturated carbocycles. The number of nitrogens with two attached hydrogens (primary N) is 1. The molecule has 3 aromatic rings. The number of nitrogens with one attached hydrogen (secondary N) is 2. The first-order chi connectivity index (χ1) is 13.3. The van der Waals surface area contributed by atoms with Gasteiger partial charge >= 0.3 is 0 Å². The van der Waals surface area contributed by atoms with Gasteiger partial charge < -0.3 is 10.8 Å². The number of rotatable bonds is 4. The Balaban J connectivity index is 1.61. The summed E-state index contributed by atoms with van der Waals surface area (Å²) in [4.78, 5) is 4.48. The van der Waals surface area contributed by atoms with E-state index in [1.807, 2.05) is 0 Å². The standard InChI is InChI=1S/C18H20ClN5O3S/c19-12-9-10(24-28(26,27)16-4-2-1-3-15(16)25)5-6-11(12)13-7-8-14-17(21-13)18(20)23-22-14/h5-9,15-16,24-25H,1-4H2,(H3,20,22,23)/t15-,16+/m1/s1. The van der Waals surface area contributed by atoms with E-state index in [4.69, 9.17) is 17.3 Å². The van der Waals surface area contributed by atoms with Gasteiger partial charge in [-0.2, -0.15) is 5.10 Å². The van der Waals surface area contributed by atoms with E-state index < -0.39 is 21.4 Å². The van der Waals surface area contributed by atoms with Crippen molar-refractivity contribution < 1.29 is 13.5 Å². The van der Waals surface area contributed by atoms with Crippen LogP contribution < -0.4 is 10.5 Å². The van der Waals surface area contributed by atoms with Crippen molar-refractivity contribution in [2.45, 2.75) is 37.0 Å². The van der Waals surface area contributed by atoms with E-state index in [0.29, 0.717) is 51.7 Å². The molecule has 0 saturated heterocycles. The van der Waals surface area contributed by atoms with Gasteiger partial charge in [-0.25, -0.2) is 13.4 Å². The Bertz CT molecular complexity index is 1130. The highest BCUT2D eigenvalue weighted by Gasteiger charge is 2.34. The predicted molar refractivity (Wildman–Crippen MR) is 110 cm³/mol. The Hall–Kier alpha value is -2.36. The van der Waals surface area contributed by atoms with Crippen LogP contribution in [0.4, 0.5) is 11.5 Å². The van der Waals surface area contributed by atoms with Crippen molar-refractivity contribution >= 4 is 44.2 Å². The highest BCUT2D eigenvalue weighted by atomic mass is 35.5. The molecule has 0 bridgehead atoms. The van der Waals surface area contributed by atoms with Gasteiger partial charge in [0.05, 0.1) is 28.0 Å². The summed E-state index contributed by atoms with van der Waals surface area (Å²) < 4.78 is 27.8. The molecule has 2 aromatic heterocycles. The van der Waals surface area contributed by atoms with Crippen molar-refractivity contribution in [3.63, 3.8) is 0 Å². The summed E-state index contributed by atoms with van der Waals surface area (Å²) >= 11 is 6.39. The van der Waals surface area contributed by atoms with E-state index in [-0.39, 0.29) is 0 Å². The molecule has 1 fully saturated rings. The van der Waals surface area contributed by atoms with Gasteiger partial charge in [0.2, 0.25) is 10.0 Å². The summed E-state index contributed by atoms with van der Waals surface area (Å²) in [6.07, 6.45) is 1.71. The van der Waals surface area contributed by atoms with E-state index in [1.54, 1.807) is 24.3 Å². The van der Waals surface area contributed by atoms with Crippen LogP contribution in [-0.4, -0.2) is 40.1 Å². The molecule has 148 valence electrons. The third-order valence-electron chi connectivity index (χ3n) is 5.01. The van der Waals surface area contributed by atoms with Crippen molar-refractivity contribution in [2.75, 3.05) is 10.5 Å². The zero-order chi connectivity index (χ0) is 19.9. The first-order valence-electron chi connectivity index (χ1n) is 8.95. The molecule has 0 amide bonds. The smallest absolute Gasteiger partial charge is 0.238 e. The largest absolute Gasteiger partial charge is 0.392 e. The molecule has 1 aliphatic carbocycles. The minimum absolute atomic E-state index is 0.295. The van der Waals surface area contributed by atoms with Crippen LogP contribution >= 0.6 is 11.6 Å². The number of H-pyrrole nitrogens is 1. The van der Waals surface area contributed by atoms with Crippen LogP contribution in [-0.2, 0) is 10.0 Å². The average Bonchev–Trinajstić information content (AvgIpc) is 3.02. The molecular weight excluding hydrogens is 402 g/mol. The summed E-state index contributed by atoms with van der Waals surface area (Å²) in [6.45, 7) is 0. The van der Waals surface area contributed by atoms with E-state index in [2.05, 4.69) is 19.9 Å². The van der Waals surface area contributed by atoms with Crippen LogP contribution in [0.3, 0.4) is 0 Å². The van der Waals surface area contributed by atoms with Crippen LogP contribution in [0.5, 0.6) is 0 Å². The number of halogens is 1. The molecule has 10 heteroatoms. The van der Waals surface area contributed by atoms with Crippen LogP contribution in [0, 0.1) is 0 Å². The maximum Gasteiger partial charge on any atom is 0.238 e. The van der Waals surface area contributed by atoms with Crippen molar-refractivity contribution in [1.29, 1.82) is 0 Å². The summed E-state index contributed by atoms with van der Waals surface area (Å²) in [5.41, 5.74) is 8.65. The molecule has 2 heterocycles. The number of fused-ring (bicyclic) bond motifs is 1. The molecule has 28 heavy (non-hydrogen) atoms. The predicted octanol–water partition coefficient (Wildman–Crippen LogP) is 2.91. The molecular formula is C18H20ClN5O3S. The van der Waals surface area contributed by atoms with Gasteiger partial charge in [-0.3, -0.25) is 9.82 Å². The third kappa shape index (κ3) is 3.52. The van der Waals surface area contributed by atoms with E-state index in [9.17, 15) is 13.5 Å². The SMILES string of the molecule is Nc1n[nH]c2ccc(-c3ccc(NS(=O)(=O)[C@H]4CCCC[C@H]4O)cc3Cl)nc12. The first kappa shape index (κ1) is 19.0. The number of aliphatic hydroxyl groups is 1. The van der Waals surface area contributed by atoms with Gasteiger partial charge in [-0.05, 0) is 43.2 Å². The number of nitrogen functional groups attached to an aromatic ring is 1. The molecule has 5 N–H and O–H groups in total. The van der Waals surface area contributed by atoms with Gasteiger partial charge in [0.1, 0.15) is 10.8 Å². The number of aliphatic hydroxyl groups excluding tert-OH is 1. The molecule has 0 unspecified atom stereocenters. The lowest BCUT2D eigenvalue weighted by atomic mass is 9.97. The van der Waals surface area contributed by atoms with Crippen LogP contribution in [0.1, 0.15) is 25.7 Å². The molecule has 0 spiro atoms. The number of hydrogen-bond acceptors (Lipinski definition) is 6. The van der Waals surface area contributed by atoms with Crippen molar-refractivity contribution in [1.82, 2.24) is 15.2 Å². The molecule has 1 aliphatic rings. The van der Waals surface area contributed by atoms with Crippen LogP contribution in [0.25, 0.3) is 22.3 Å². The zero-order valence-corrected chi connectivity index (χ0v) is 16.5. The lowest BCUT2D eigenvalue weighted by Crippen LogP contribution is -2.40.